The number of carbonyl (C=O) groups is 2. The number of nitrogens with zero attached hydrogens (tertiary/aromatic N) is 1. The minimum Gasteiger partial charge on any atom is -0.493 e. The van der Waals surface area contributed by atoms with E-state index in [-0.39, 0.29) is 29.4 Å². The normalized spacial score (nSPS) is 20.5. The lowest BCUT2D eigenvalue weighted by molar-refractivity contribution is -0.121. The molecule has 1 atom stereocenters. The Kier molecular flexibility index (Phi) is 5.56. The van der Waals surface area contributed by atoms with Gasteiger partial charge in [-0.05, 0) is 47.7 Å². The molecule has 0 saturated carbocycles. The molecule has 2 aromatic carbocycles. The van der Waals surface area contributed by atoms with Crippen LogP contribution in [0.2, 0.25) is 5.02 Å². The number of rotatable bonds is 4. The molecular formula is C25H26ClNO4. The van der Waals surface area contributed by atoms with Crippen molar-refractivity contribution in [2.24, 2.45) is 5.41 Å². The number of hydrogen-bond acceptors (Lipinski definition) is 4. The maximum atomic E-state index is 13.4. The zero-order valence-electron chi connectivity index (χ0n) is 18.2. The van der Waals surface area contributed by atoms with Crippen LogP contribution in [0, 0.1) is 5.41 Å². The maximum Gasteiger partial charge on any atom is 0.232 e. The molecule has 1 heterocycles. The largest absolute Gasteiger partial charge is 0.493 e. The zero-order valence-corrected chi connectivity index (χ0v) is 19.0. The highest BCUT2D eigenvalue weighted by atomic mass is 35.5. The lowest BCUT2D eigenvalue weighted by atomic mass is 9.69. The van der Waals surface area contributed by atoms with Gasteiger partial charge in [0.15, 0.2) is 17.3 Å². The summed E-state index contributed by atoms with van der Waals surface area (Å²) >= 11 is 6.21. The highest BCUT2D eigenvalue weighted by molar-refractivity contribution is 6.31. The molecule has 0 aromatic heterocycles. The smallest absolute Gasteiger partial charge is 0.232 e. The number of carbonyl (C=O) groups excluding carboxylic acids is 2. The first-order chi connectivity index (χ1) is 14.7. The number of hydrogen-bond donors (Lipinski definition) is 0. The molecular weight excluding hydrogens is 414 g/mol. The highest BCUT2D eigenvalue weighted by Gasteiger charge is 2.44. The molecule has 31 heavy (non-hydrogen) atoms. The van der Waals surface area contributed by atoms with Crippen LogP contribution in [0.4, 0.5) is 5.69 Å². The number of ketones is 1. The number of halogens is 1. The van der Waals surface area contributed by atoms with Gasteiger partial charge in [-0.3, -0.25) is 14.5 Å². The predicted octanol–water partition coefficient (Wildman–Crippen LogP) is 5.52. The van der Waals surface area contributed by atoms with Crippen LogP contribution in [0.25, 0.3) is 0 Å². The van der Waals surface area contributed by atoms with Gasteiger partial charge < -0.3 is 9.47 Å². The van der Waals surface area contributed by atoms with Gasteiger partial charge in [-0.25, -0.2) is 0 Å². The van der Waals surface area contributed by atoms with E-state index in [9.17, 15) is 9.59 Å². The van der Waals surface area contributed by atoms with Gasteiger partial charge in [-0.2, -0.15) is 0 Å². The first-order valence-electron chi connectivity index (χ1n) is 10.3. The van der Waals surface area contributed by atoms with Crippen molar-refractivity contribution in [1.29, 1.82) is 0 Å². The van der Waals surface area contributed by atoms with Crippen LogP contribution in [0.15, 0.2) is 53.7 Å². The van der Waals surface area contributed by atoms with Crippen molar-refractivity contribution in [3.05, 3.63) is 64.3 Å². The molecule has 2 aliphatic rings. The second-order valence-electron chi connectivity index (χ2n) is 8.88. The van der Waals surface area contributed by atoms with Crippen molar-refractivity contribution in [3.63, 3.8) is 0 Å². The fourth-order valence-corrected chi connectivity index (χ4v) is 4.87. The van der Waals surface area contributed by atoms with Crippen LogP contribution < -0.4 is 14.4 Å². The Morgan fingerprint density at radius 1 is 1.00 bits per heavy atom. The van der Waals surface area contributed by atoms with E-state index in [1.165, 1.54) is 0 Å². The number of methoxy groups -OCH3 is 2. The first kappa shape index (κ1) is 21.4. The number of anilines is 1. The fourth-order valence-electron chi connectivity index (χ4n) is 4.68. The van der Waals surface area contributed by atoms with Gasteiger partial charge in [0.05, 0.1) is 19.9 Å². The van der Waals surface area contributed by atoms with Crippen LogP contribution in [-0.4, -0.2) is 25.9 Å². The number of Topliss-reactive ketones (excluding diaryl/α,β-unsaturated/α-hetero) is 1. The molecule has 0 N–H and O–H groups in total. The molecule has 0 saturated heterocycles. The van der Waals surface area contributed by atoms with Gasteiger partial charge >= 0.3 is 0 Å². The monoisotopic (exact) mass is 439 g/mol. The Morgan fingerprint density at radius 3 is 2.42 bits per heavy atom. The molecule has 6 heteroatoms. The van der Waals surface area contributed by atoms with Crippen molar-refractivity contribution < 1.29 is 19.1 Å². The highest BCUT2D eigenvalue weighted by Crippen LogP contribution is 2.49. The Balaban J connectivity index is 1.89. The van der Waals surface area contributed by atoms with Gasteiger partial charge in [-0.15, -0.1) is 0 Å². The number of ether oxygens (including phenoxy) is 2. The molecule has 1 amide bonds. The minimum atomic E-state index is -0.318. The van der Waals surface area contributed by atoms with Crippen LogP contribution in [0.3, 0.4) is 0 Å². The van der Waals surface area contributed by atoms with E-state index in [0.29, 0.717) is 40.6 Å². The van der Waals surface area contributed by atoms with Gasteiger partial charge in [-0.1, -0.05) is 37.6 Å². The maximum absolute atomic E-state index is 13.4. The van der Waals surface area contributed by atoms with E-state index in [4.69, 9.17) is 21.1 Å². The Bertz CT molecular complexity index is 1090. The fraction of sp³-hybridized carbons (Fsp3) is 0.360. The number of allylic oxidation sites excluding steroid dienone is 2. The molecule has 4 rings (SSSR count). The Morgan fingerprint density at radius 2 is 1.74 bits per heavy atom. The van der Waals surface area contributed by atoms with E-state index in [0.717, 1.165) is 11.3 Å². The number of amides is 1. The average molecular weight is 440 g/mol. The molecule has 1 aliphatic carbocycles. The summed E-state index contributed by atoms with van der Waals surface area (Å²) in [6.07, 6.45) is 1.29. The standard InChI is InChI=1S/C25H26ClNO4/c1-25(2)13-19-24(20(28)14-25)18(15-8-9-21(30-3)22(10-15)31-4)12-23(29)27(19)17-7-5-6-16(26)11-17/h5-11,18H,12-14H2,1-4H3. The number of benzene rings is 2. The van der Waals surface area contributed by atoms with Crippen molar-refractivity contribution in [1.82, 2.24) is 0 Å². The lowest BCUT2D eigenvalue weighted by Gasteiger charge is -2.43. The van der Waals surface area contributed by atoms with E-state index in [1.807, 2.05) is 30.3 Å². The summed E-state index contributed by atoms with van der Waals surface area (Å²) in [4.78, 5) is 28.5. The van der Waals surface area contributed by atoms with Crippen molar-refractivity contribution >= 4 is 29.0 Å². The molecule has 5 nitrogen and oxygen atoms in total. The summed E-state index contributed by atoms with van der Waals surface area (Å²) in [5, 5.41) is 0.552. The van der Waals surface area contributed by atoms with Gasteiger partial charge in [0.2, 0.25) is 5.91 Å². The molecule has 0 spiro atoms. The summed E-state index contributed by atoms with van der Waals surface area (Å²) in [6.45, 7) is 4.13. The molecule has 162 valence electrons. The van der Waals surface area contributed by atoms with Crippen LogP contribution in [0.5, 0.6) is 11.5 Å². The summed E-state index contributed by atoms with van der Waals surface area (Å²) in [6, 6.07) is 12.8. The van der Waals surface area contributed by atoms with Crippen LogP contribution in [0.1, 0.15) is 44.6 Å². The van der Waals surface area contributed by atoms with Crippen LogP contribution in [-0.2, 0) is 9.59 Å². The van der Waals surface area contributed by atoms with E-state index >= 15 is 0 Å². The predicted molar refractivity (Wildman–Crippen MR) is 121 cm³/mol. The van der Waals surface area contributed by atoms with Crippen molar-refractivity contribution in [2.75, 3.05) is 19.1 Å². The van der Waals surface area contributed by atoms with Gasteiger partial charge in [0.25, 0.3) is 0 Å². The second kappa shape index (κ2) is 8.04. The quantitative estimate of drug-likeness (QED) is 0.629. The SMILES string of the molecule is COc1ccc(C2CC(=O)N(c3cccc(Cl)c3)C3=C2C(=O)CC(C)(C)C3)cc1OC. The average Bonchev–Trinajstić information content (AvgIpc) is 2.71. The third-order valence-corrected chi connectivity index (χ3v) is 6.25. The Hall–Kier alpha value is -2.79. The molecule has 2 aromatic rings. The van der Waals surface area contributed by atoms with Crippen LogP contribution >= 0.6 is 11.6 Å². The third kappa shape index (κ3) is 3.94. The Labute approximate surface area is 187 Å². The first-order valence-corrected chi connectivity index (χ1v) is 10.7. The third-order valence-electron chi connectivity index (χ3n) is 6.02. The van der Waals surface area contributed by atoms with E-state index in [1.54, 1.807) is 31.3 Å². The minimum absolute atomic E-state index is 0.0497. The van der Waals surface area contributed by atoms with Crippen molar-refractivity contribution in [2.45, 2.75) is 39.0 Å². The molecule has 0 bridgehead atoms. The molecule has 1 unspecified atom stereocenters. The van der Waals surface area contributed by atoms with E-state index < -0.39 is 0 Å². The molecule has 0 radical (unpaired) electrons. The summed E-state index contributed by atoms with van der Waals surface area (Å²) in [5.74, 6) is 0.910. The van der Waals surface area contributed by atoms with Gasteiger partial charge in [0.1, 0.15) is 0 Å². The summed E-state index contributed by atoms with van der Waals surface area (Å²) < 4.78 is 10.8. The molecule has 0 fully saturated rings. The lowest BCUT2D eigenvalue weighted by Crippen LogP contribution is -2.43. The van der Waals surface area contributed by atoms with E-state index in [2.05, 4.69) is 13.8 Å². The van der Waals surface area contributed by atoms with Gasteiger partial charge in [0, 0.05) is 35.1 Å². The second-order valence-corrected chi connectivity index (χ2v) is 9.32. The topological polar surface area (TPSA) is 55.8 Å². The zero-order chi connectivity index (χ0) is 22.3. The molecule has 1 aliphatic heterocycles. The summed E-state index contributed by atoms with van der Waals surface area (Å²) in [7, 11) is 3.16. The van der Waals surface area contributed by atoms with Crippen molar-refractivity contribution in [3.8, 4) is 11.5 Å². The summed E-state index contributed by atoms with van der Waals surface area (Å²) in [5.41, 5.74) is 2.83.